The summed E-state index contributed by atoms with van der Waals surface area (Å²) in [5.74, 6) is 0.990. The van der Waals surface area contributed by atoms with Crippen molar-refractivity contribution in [3.8, 4) is 5.75 Å². The number of aromatic nitrogens is 2. The smallest absolute Gasteiger partial charge is 0.229 e. The highest BCUT2D eigenvalue weighted by molar-refractivity contribution is 7.70. The van der Waals surface area contributed by atoms with Gasteiger partial charge in [0.2, 0.25) is 11.9 Å². The molecule has 0 radical (unpaired) electrons. The molecule has 10 heteroatoms. The normalized spacial score (nSPS) is 24.3. The summed E-state index contributed by atoms with van der Waals surface area (Å²) in [5, 5.41) is 7.50. The number of amides is 1. The fraction of sp³-hybridized carbons (Fsp3) is 0.381. The second-order valence-corrected chi connectivity index (χ2v) is 11.9. The van der Waals surface area contributed by atoms with Crippen molar-refractivity contribution in [2.45, 2.75) is 12.5 Å². The minimum absolute atomic E-state index is 0.147. The molecule has 2 aromatic rings. The maximum absolute atomic E-state index is 12.4. The summed E-state index contributed by atoms with van der Waals surface area (Å²) in [6, 6.07) is 5.16. The molecule has 4 rings (SSSR count). The first-order valence-electron chi connectivity index (χ1n) is 9.94. The standard InChI is InChI=1S/C21H25ClN5O3P/c1-30-16-9-13(31(2,3)29)6-7-15(16)25-21-24-10-14(22)20(27-21)26-18-12-5-4-11(8-12)17(18)19(23)28/h4-7,9-12,17-18H,8H2,1-3H3,(H2,23,28)(H2,24,25,26,27). The van der Waals surface area contributed by atoms with Crippen LogP contribution in [-0.2, 0) is 9.36 Å². The molecule has 2 aliphatic rings. The van der Waals surface area contributed by atoms with E-state index in [0.29, 0.717) is 28.2 Å². The highest BCUT2D eigenvalue weighted by atomic mass is 35.5. The monoisotopic (exact) mass is 461 g/mol. The van der Waals surface area contributed by atoms with Crippen LogP contribution >= 0.6 is 18.7 Å². The summed E-state index contributed by atoms with van der Waals surface area (Å²) in [7, 11) is -0.877. The molecule has 4 N–H and O–H groups in total. The number of fused-ring (bicyclic) bond motifs is 2. The van der Waals surface area contributed by atoms with E-state index in [2.05, 4.69) is 32.8 Å². The largest absolute Gasteiger partial charge is 0.495 e. The average Bonchev–Trinajstić information content (AvgIpc) is 3.31. The number of nitrogens with two attached hydrogens (primary N) is 1. The van der Waals surface area contributed by atoms with Gasteiger partial charge < -0.3 is 25.7 Å². The Kier molecular flexibility index (Phi) is 5.71. The Hall–Kier alpha value is -2.57. The Bertz CT molecular complexity index is 1100. The third kappa shape index (κ3) is 4.27. The van der Waals surface area contributed by atoms with Crippen molar-refractivity contribution in [3.05, 3.63) is 41.6 Å². The molecule has 8 nitrogen and oxygen atoms in total. The Labute approximate surface area is 186 Å². The fourth-order valence-corrected chi connectivity index (χ4v) is 5.34. The SMILES string of the molecule is COc1cc(P(C)(C)=O)ccc1Nc1ncc(Cl)c(NC2C3C=CC(C3)C2C(N)=O)n1. The van der Waals surface area contributed by atoms with Crippen LogP contribution in [0.2, 0.25) is 5.02 Å². The van der Waals surface area contributed by atoms with Gasteiger partial charge in [0.25, 0.3) is 0 Å². The van der Waals surface area contributed by atoms with Crippen LogP contribution in [0.5, 0.6) is 5.75 Å². The van der Waals surface area contributed by atoms with Crippen LogP contribution in [0, 0.1) is 17.8 Å². The number of halogens is 1. The molecule has 1 aromatic heterocycles. The van der Waals surface area contributed by atoms with Crippen molar-refractivity contribution in [3.63, 3.8) is 0 Å². The summed E-state index contributed by atoms with van der Waals surface area (Å²) in [6.45, 7) is 3.42. The molecule has 2 bridgehead atoms. The van der Waals surface area contributed by atoms with Gasteiger partial charge in [-0.25, -0.2) is 4.98 Å². The van der Waals surface area contributed by atoms with Gasteiger partial charge in [-0.05, 0) is 49.8 Å². The van der Waals surface area contributed by atoms with Crippen LogP contribution in [0.1, 0.15) is 6.42 Å². The van der Waals surface area contributed by atoms with Crippen LogP contribution in [0.15, 0.2) is 36.5 Å². The number of hydrogen-bond acceptors (Lipinski definition) is 7. The number of carbonyl (C=O) groups excluding carboxylic acids is 1. The summed E-state index contributed by atoms with van der Waals surface area (Å²) in [6.07, 6.45) is 6.56. The van der Waals surface area contributed by atoms with Gasteiger partial charge in [-0.2, -0.15) is 4.98 Å². The van der Waals surface area contributed by atoms with Crippen LogP contribution in [0.25, 0.3) is 0 Å². The average molecular weight is 462 g/mol. The molecule has 1 amide bonds. The Morgan fingerprint density at radius 1 is 1.29 bits per heavy atom. The molecule has 1 saturated carbocycles. The zero-order valence-corrected chi connectivity index (χ0v) is 19.2. The number of anilines is 3. The molecular formula is C21H25ClN5O3P. The van der Waals surface area contributed by atoms with E-state index in [1.165, 1.54) is 6.20 Å². The number of nitrogens with one attached hydrogen (secondary N) is 2. The number of nitrogens with zero attached hydrogens (tertiary/aromatic N) is 2. The van der Waals surface area contributed by atoms with Crippen LogP contribution in [0.4, 0.5) is 17.5 Å². The molecule has 0 aliphatic heterocycles. The zero-order chi connectivity index (χ0) is 22.3. The lowest BCUT2D eigenvalue weighted by Gasteiger charge is -2.27. The number of benzene rings is 1. The minimum Gasteiger partial charge on any atom is -0.495 e. The highest BCUT2D eigenvalue weighted by Crippen LogP contribution is 2.45. The Balaban J connectivity index is 1.58. The van der Waals surface area contributed by atoms with E-state index in [1.54, 1.807) is 38.6 Å². The second-order valence-electron chi connectivity index (χ2n) is 8.30. The van der Waals surface area contributed by atoms with Gasteiger partial charge in [-0.3, -0.25) is 4.79 Å². The molecule has 0 spiro atoms. The minimum atomic E-state index is -2.42. The lowest BCUT2D eigenvalue weighted by Crippen LogP contribution is -2.41. The lowest BCUT2D eigenvalue weighted by molar-refractivity contribution is -0.122. The predicted molar refractivity (Wildman–Crippen MR) is 123 cm³/mol. The predicted octanol–water partition coefficient (Wildman–Crippen LogP) is 3.22. The first-order valence-corrected chi connectivity index (χ1v) is 12.9. The quantitative estimate of drug-likeness (QED) is 0.427. The maximum atomic E-state index is 12.4. The van der Waals surface area contributed by atoms with E-state index < -0.39 is 7.14 Å². The first kappa shape index (κ1) is 21.7. The van der Waals surface area contributed by atoms with Crippen LogP contribution < -0.4 is 26.4 Å². The van der Waals surface area contributed by atoms with E-state index in [9.17, 15) is 9.36 Å². The number of carbonyl (C=O) groups is 1. The van der Waals surface area contributed by atoms with Crippen LogP contribution in [0.3, 0.4) is 0 Å². The van der Waals surface area contributed by atoms with Gasteiger partial charge in [-0.1, -0.05) is 23.8 Å². The topological polar surface area (TPSA) is 119 Å². The van der Waals surface area contributed by atoms with Crippen molar-refractivity contribution >= 4 is 47.4 Å². The third-order valence-corrected chi connectivity index (χ3v) is 7.69. The molecule has 0 saturated heterocycles. The number of allylic oxidation sites excluding steroid dienone is 1. The van der Waals surface area contributed by atoms with E-state index in [4.69, 9.17) is 22.1 Å². The van der Waals surface area contributed by atoms with Gasteiger partial charge in [-0.15, -0.1) is 0 Å². The molecule has 1 heterocycles. The molecule has 2 aliphatic carbocycles. The van der Waals surface area contributed by atoms with Crippen molar-refractivity contribution in [2.75, 3.05) is 31.1 Å². The first-order chi connectivity index (χ1) is 14.7. The number of rotatable bonds is 7. The number of methoxy groups -OCH3 is 1. The maximum Gasteiger partial charge on any atom is 0.229 e. The van der Waals surface area contributed by atoms with Crippen molar-refractivity contribution in [1.82, 2.24) is 9.97 Å². The van der Waals surface area contributed by atoms with E-state index >= 15 is 0 Å². The molecule has 31 heavy (non-hydrogen) atoms. The van der Waals surface area contributed by atoms with Crippen molar-refractivity contribution < 1.29 is 14.1 Å². The number of hydrogen-bond donors (Lipinski definition) is 3. The summed E-state index contributed by atoms with van der Waals surface area (Å²) in [5.41, 5.74) is 6.28. The van der Waals surface area contributed by atoms with Gasteiger partial charge in [0.1, 0.15) is 17.9 Å². The second kappa shape index (κ2) is 8.17. The third-order valence-electron chi connectivity index (χ3n) is 5.89. The van der Waals surface area contributed by atoms with E-state index in [-0.39, 0.29) is 29.7 Å². The van der Waals surface area contributed by atoms with Crippen LogP contribution in [-0.4, -0.2) is 42.4 Å². The highest BCUT2D eigenvalue weighted by Gasteiger charge is 2.47. The number of ether oxygens (including phenoxy) is 1. The van der Waals surface area contributed by atoms with Gasteiger partial charge in [0.05, 0.1) is 24.9 Å². The summed E-state index contributed by atoms with van der Waals surface area (Å²) < 4.78 is 17.8. The lowest BCUT2D eigenvalue weighted by atomic mass is 9.88. The zero-order valence-electron chi connectivity index (χ0n) is 17.5. The van der Waals surface area contributed by atoms with Crippen molar-refractivity contribution in [2.24, 2.45) is 23.5 Å². The molecule has 164 valence electrons. The molecule has 1 fully saturated rings. The summed E-state index contributed by atoms with van der Waals surface area (Å²) in [4.78, 5) is 20.7. The van der Waals surface area contributed by atoms with Gasteiger partial charge in [0, 0.05) is 11.3 Å². The van der Waals surface area contributed by atoms with E-state index in [0.717, 1.165) is 11.7 Å². The number of primary amides is 1. The molecule has 4 unspecified atom stereocenters. The molecule has 1 aromatic carbocycles. The molecular weight excluding hydrogens is 437 g/mol. The summed E-state index contributed by atoms with van der Waals surface area (Å²) >= 11 is 6.33. The van der Waals surface area contributed by atoms with E-state index in [1.807, 2.05) is 0 Å². The fourth-order valence-electron chi connectivity index (χ4n) is 4.33. The van der Waals surface area contributed by atoms with Crippen molar-refractivity contribution in [1.29, 1.82) is 0 Å². The molecule has 4 atom stereocenters. The van der Waals surface area contributed by atoms with Gasteiger partial charge in [0.15, 0.2) is 5.82 Å². The Morgan fingerprint density at radius 2 is 2.03 bits per heavy atom. The Morgan fingerprint density at radius 3 is 2.71 bits per heavy atom. The van der Waals surface area contributed by atoms with Gasteiger partial charge >= 0.3 is 0 Å².